The summed E-state index contributed by atoms with van der Waals surface area (Å²) in [4.78, 5) is 4.63. The predicted octanol–water partition coefficient (Wildman–Crippen LogP) is 3.62. The van der Waals surface area contributed by atoms with E-state index in [2.05, 4.69) is 11.9 Å². The summed E-state index contributed by atoms with van der Waals surface area (Å²) in [5.41, 5.74) is 0. The molecular weight excluding hydrogens is 258 g/mol. The molecule has 0 aromatic carbocycles. The van der Waals surface area contributed by atoms with Gasteiger partial charge in [0.15, 0.2) is 0 Å². The van der Waals surface area contributed by atoms with Crippen LogP contribution in [0.15, 0.2) is 4.99 Å². The molecule has 0 unspecified atom stereocenters. The third-order valence-electron chi connectivity index (χ3n) is 2.81. The summed E-state index contributed by atoms with van der Waals surface area (Å²) in [7, 11) is -2.72. The lowest BCUT2D eigenvalue weighted by atomic mass is 10.2. The van der Waals surface area contributed by atoms with Gasteiger partial charge in [0.05, 0.1) is 5.33 Å². The van der Waals surface area contributed by atoms with Gasteiger partial charge in [-0.2, -0.15) is 0 Å². The minimum absolute atomic E-state index is 0.592. The highest BCUT2D eigenvalue weighted by Gasteiger charge is 2.44. The lowest BCUT2D eigenvalue weighted by molar-refractivity contribution is 0.0896. The van der Waals surface area contributed by atoms with Crippen LogP contribution in [0.4, 0.5) is 0 Å². The van der Waals surface area contributed by atoms with Gasteiger partial charge in [0.25, 0.3) is 0 Å². The van der Waals surface area contributed by atoms with E-state index in [9.17, 15) is 0 Å². The molecule has 0 amide bonds. The van der Waals surface area contributed by atoms with E-state index in [4.69, 9.17) is 13.3 Å². The van der Waals surface area contributed by atoms with Crippen molar-refractivity contribution in [1.82, 2.24) is 0 Å². The molecule has 0 aromatic rings. The van der Waals surface area contributed by atoms with E-state index < -0.39 is 8.80 Å². The summed E-state index contributed by atoms with van der Waals surface area (Å²) in [6.45, 7) is 12.7. The molecule has 0 aliphatic rings. The SMILES string of the molecule is CCCCCCN=C(C)[Si](OCC)(OCC)OCC. The van der Waals surface area contributed by atoms with Crippen LogP contribution in [0.25, 0.3) is 0 Å². The summed E-state index contributed by atoms with van der Waals surface area (Å²) < 4.78 is 17.4. The molecule has 0 bridgehead atoms. The number of hydrogen-bond acceptors (Lipinski definition) is 4. The zero-order valence-corrected chi connectivity index (χ0v) is 14.3. The first-order valence-electron chi connectivity index (χ1n) is 7.60. The Morgan fingerprint density at radius 2 is 1.37 bits per heavy atom. The van der Waals surface area contributed by atoms with Crippen molar-refractivity contribution >= 4 is 14.1 Å². The van der Waals surface area contributed by atoms with Crippen LogP contribution < -0.4 is 0 Å². The predicted molar refractivity (Wildman–Crippen MR) is 82.8 cm³/mol. The largest absolute Gasteiger partial charge is 0.551 e. The summed E-state index contributed by atoms with van der Waals surface area (Å²) in [6.07, 6.45) is 4.89. The van der Waals surface area contributed by atoms with Crippen molar-refractivity contribution in [2.24, 2.45) is 4.99 Å². The number of hydrogen-bond donors (Lipinski definition) is 0. The number of rotatable bonds is 12. The molecule has 0 atom stereocenters. The number of aliphatic imine (C=N–C) groups is 1. The molecule has 0 rings (SSSR count). The lowest BCUT2D eigenvalue weighted by Gasteiger charge is -2.28. The first-order chi connectivity index (χ1) is 9.16. The highest BCUT2D eigenvalue weighted by Crippen LogP contribution is 2.13. The van der Waals surface area contributed by atoms with Gasteiger partial charge in [-0.15, -0.1) is 0 Å². The van der Waals surface area contributed by atoms with Crippen LogP contribution in [0.1, 0.15) is 60.3 Å². The minimum Gasteiger partial charge on any atom is -0.370 e. The number of unbranched alkanes of at least 4 members (excludes halogenated alkanes) is 3. The van der Waals surface area contributed by atoms with E-state index >= 15 is 0 Å². The first kappa shape index (κ1) is 18.8. The van der Waals surface area contributed by atoms with Crippen LogP contribution in [0.3, 0.4) is 0 Å². The van der Waals surface area contributed by atoms with Crippen LogP contribution >= 0.6 is 0 Å². The molecular formula is C14H31NO3Si. The Hall–Kier alpha value is -0.233. The highest BCUT2D eigenvalue weighted by atomic mass is 28.4. The Morgan fingerprint density at radius 3 is 1.79 bits per heavy atom. The average molecular weight is 289 g/mol. The molecule has 0 aliphatic carbocycles. The maximum atomic E-state index is 5.81. The maximum absolute atomic E-state index is 5.81. The van der Waals surface area contributed by atoms with Gasteiger partial charge >= 0.3 is 8.80 Å². The third-order valence-corrected chi connectivity index (χ3v) is 5.86. The molecule has 0 fully saturated rings. The van der Waals surface area contributed by atoms with Crippen molar-refractivity contribution in [3.8, 4) is 0 Å². The van der Waals surface area contributed by atoms with E-state index in [1.807, 2.05) is 27.7 Å². The van der Waals surface area contributed by atoms with Gasteiger partial charge in [0.2, 0.25) is 0 Å². The van der Waals surface area contributed by atoms with E-state index in [0.29, 0.717) is 19.8 Å². The van der Waals surface area contributed by atoms with Crippen LogP contribution in [-0.4, -0.2) is 40.5 Å². The van der Waals surface area contributed by atoms with Gasteiger partial charge < -0.3 is 13.3 Å². The minimum atomic E-state index is -2.72. The van der Waals surface area contributed by atoms with Crippen LogP contribution in [0, 0.1) is 0 Å². The quantitative estimate of drug-likeness (QED) is 0.313. The van der Waals surface area contributed by atoms with E-state index in [1.54, 1.807) is 0 Å². The second kappa shape index (κ2) is 11.6. The van der Waals surface area contributed by atoms with Gasteiger partial charge in [0, 0.05) is 26.4 Å². The van der Waals surface area contributed by atoms with Gasteiger partial charge in [-0.3, -0.25) is 4.99 Å². The maximum Gasteiger partial charge on any atom is 0.551 e. The monoisotopic (exact) mass is 289 g/mol. The van der Waals surface area contributed by atoms with Crippen molar-refractivity contribution in [2.75, 3.05) is 26.4 Å². The Kier molecular flexibility index (Phi) is 11.4. The zero-order chi connectivity index (χ0) is 14.6. The van der Waals surface area contributed by atoms with Crippen molar-refractivity contribution < 1.29 is 13.3 Å². The van der Waals surface area contributed by atoms with Crippen molar-refractivity contribution in [2.45, 2.75) is 60.3 Å². The molecule has 5 heteroatoms. The van der Waals surface area contributed by atoms with E-state index in [-0.39, 0.29) is 0 Å². The molecule has 0 radical (unpaired) electrons. The molecule has 0 spiro atoms. The third kappa shape index (κ3) is 7.20. The van der Waals surface area contributed by atoms with E-state index in [0.717, 1.165) is 18.3 Å². The van der Waals surface area contributed by atoms with Crippen molar-refractivity contribution in [3.05, 3.63) is 0 Å². The van der Waals surface area contributed by atoms with Crippen LogP contribution in [-0.2, 0) is 13.3 Å². The highest BCUT2D eigenvalue weighted by molar-refractivity contribution is 6.93. The molecule has 0 saturated carbocycles. The van der Waals surface area contributed by atoms with Gasteiger partial charge in [0.1, 0.15) is 0 Å². The molecule has 19 heavy (non-hydrogen) atoms. The van der Waals surface area contributed by atoms with Crippen molar-refractivity contribution in [3.63, 3.8) is 0 Å². The summed E-state index contributed by atoms with van der Waals surface area (Å²) >= 11 is 0. The van der Waals surface area contributed by atoms with Gasteiger partial charge in [-0.05, 0) is 34.1 Å². The summed E-state index contributed by atoms with van der Waals surface area (Å²) in [5, 5.41) is 0.912. The van der Waals surface area contributed by atoms with Gasteiger partial charge in [-0.25, -0.2) is 0 Å². The zero-order valence-electron chi connectivity index (χ0n) is 13.3. The van der Waals surface area contributed by atoms with E-state index in [1.165, 1.54) is 19.3 Å². The topological polar surface area (TPSA) is 40.0 Å². The van der Waals surface area contributed by atoms with Crippen LogP contribution in [0.5, 0.6) is 0 Å². The number of nitrogens with zero attached hydrogens (tertiary/aromatic N) is 1. The Morgan fingerprint density at radius 1 is 0.842 bits per heavy atom. The normalized spacial score (nSPS) is 13.0. The molecule has 0 N–H and O–H groups in total. The smallest absolute Gasteiger partial charge is 0.370 e. The fraction of sp³-hybridized carbons (Fsp3) is 0.929. The lowest BCUT2D eigenvalue weighted by Crippen LogP contribution is -2.53. The average Bonchev–Trinajstić information content (AvgIpc) is 2.39. The molecule has 114 valence electrons. The second-order valence-corrected chi connectivity index (χ2v) is 7.09. The molecule has 0 saturated heterocycles. The Bertz CT molecular complexity index is 230. The Balaban J connectivity index is 4.57. The summed E-state index contributed by atoms with van der Waals surface area (Å²) in [6, 6.07) is 0. The second-order valence-electron chi connectivity index (χ2n) is 4.38. The fourth-order valence-electron chi connectivity index (χ4n) is 1.89. The standard InChI is InChI=1S/C14H31NO3Si/c1-6-10-11-12-13-15-14(5)19(16-7-2,17-8-3)18-9-4/h6-13H2,1-5H3. The van der Waals surface area contributed by atoms with Crippen LogP contribution in [0.2, 0.25) is 0 Å². The molecule has 0 heterocycles. The Labute approximate surface area is 119 Å². The molecule has 0 aromatic heterocycles. The fourth-order valence-corrected chi connectivity index (χ4v) is 4.21. The van der Waals surface area contributed by atoms with Crippen molar-refractivity contribution in [1.29, 1.82) is 0 Å². The summed E-state index contributed by atoms with van der Waals surface area (Å²) in [5.74, 6) is 0. The molecule has 4 nitrogen and oxygen atoms in total. The first-order valence-corrected chi connectivity index (χ1v) is 9.32. The molecule has 0 aliphatic heterocycles. The van der Waals surface area contributed by atoms with Gasteiger partial charge in [-0.1, -0.05) is 26.2 Å².